The van der Waals surface area contributed by atoms with Crippen LogP contribution in [0.3, 0.4) is 0 Å². The number of hydrogen-bond acceptors (Lipinski definition) is 3. The summed E-state index contributed by atoms with van der Waals surface area (Å²) in [6.45, 7) is 11.3. The van der Waals surface area contributed by atoms with Crippen LogP contribution in [0, 0.1) is 6.92 Å². The number of rotatable bonds is 6. The van der Waals surface area contributed by atoms with Crippen LogP contribution in [0.2, 0.25) is 0 Å². The van der Waals surface area contributed by atoms with Crippen LogP contribution >= 0.6 is 0 Å². The standard InChI is InChI=1S/C23H31N3O/c1-18(2)20-7-9-21(10-8-20)24-23(27)11-12-25-13-15-26(16-14-25)22-6-4-5-19(3)17-22/h4-10,17-18H,11-16H2,1-3H3,(H,24,27). The Hall–Kier alpha value is -2.33. The van der Waals surface area contributed by atoms with Crippen molar-refractivity contribution >= 4 is 17.3 Å². The molecule has 0 aromatic heterocycles. The molecule has 4 nitrogen and oxygen atoms in total. The molecule has 0 atom stereocenters. The SMILES string of the molecule is Cc1cccc(N2CCN(CCC(=O)Nc3ccc(C(C)C)cc3)CC2)c1. The summed E-state index contributed by atoms with van der Waals surface area (Å²) in [5.41, 5.74) is 4.78. The van der Waals surface area contributed by atoms with Crippen molar-refractivity contribution in [3.05, 3.63) is 59.7 Å². The molecule has 0 spiro atoms. The minimum atomic E-state index is 0.0911. The average Bonchev–Trinajstić information content (AvgIpc) is 2.67. The van der Waals surface area contributed by atoms with Crippen molar-refractivity contribution in [2.45, 2.75) is 33.1 Å². The predicted octanol–water partition coefficient (Wildman–Crippen LogP) is 4.27. The lowest BCUT2D eigenvalue weighted by atomic mass is 10.0. The van der Waals surface area contributed by atoms with Gasteiger partial charge in [-0.1, -0.05) is 38.1 Å². The van der Waals surface area contributed by atoms with E-state index < -0.39 is 0 Å². The maximum Gasteiger partial charge on any atom is 0.225 e. The Labute approximate surface area is 163 Å². The first kappa shape index (κ1) is 19.4. The molecule has 1 fully saturated rings. The van der Waals surface area contributed by atoms with Crippen LogP contribution in [0.4, 0.5) is 11.4 Å². The molecule has 1 amide bonds. The van der Waals surface area contributed by atoms with Gasteiger partial charge in [0.15, 0.2) is 0 Å². The molecule has 1 heterocycles. The summed E-state index contributed by atoms with van der Waals surface area (Å²) in [5.74, 6) is 0.599. The molecule has 0 radical (unpaired) electrons. The summed E-state index contributed by atoms with van der Waals surface area (Å²) in [4.78, 5) is 17.1. The van der Waals surface area contributed by atoms with Crippen molar-refractivity contribution in [3.63, 3.8) is 0 Å². The van der Waals surface area contributed by atoms with Gasteiger partial charge in [0, 0.05) is 50.5 Å². The Morgan fingerprint density at radius 3 is 2.37 bits per heavy atom. The number of anilines is 2. The number of amides is 1. The molecular formula is C23H31N3O. The van der Waals surface area contributed by atoms with Crippen molar-refractivity contribution in [1.29, 1.82) is 0 Å². The van der Waals surface area contributed by atoms with Gasteiger partial charge in [0.25, 0.3) is 0 Å². The molecule has 1 aliphatic heterocycles. The molecule has 2 aromatic carbocycles. The molecule has 0 unspecified atom stereocenters. The quantitative estimate of drug-likeness (QED) is 0.830. The summed E-state index contributed by atoms with van der Waals surface area (Å²) < 4.78 is 0. The van der Waals surface area contributed by atoms with Gasteiger partial charge in [-0.15, -0.1) is 0 Å². The summed E-state index contributed by atoms with van der Waals surface area (Å²) >= 11 is 0. The van der Waals surface area contributed by atoms with E-state index >= 15 is 0 Å². The second-order valence-electron chi connectivity index (χ2n) is 7.74. The maximum absolute atomic E-state index is 12.2. The Morgan fingerprint density at radius 2 is 1.74 bits per heavy atom. The Bertz CT molecular complexity index is 746. The molecule has 2 aromatic rings. The van der Waals surface area contributed by atoms with Gasteiger partial charge in [0.05, 0.1) is 0 Å². The zero-order valence-electron chi connectivity index (χ0n) is 16.7. The van der Waals surface area contributed by atoms with Crippen LogP contribution < -0.4 is 10.2 Å². The average molecular weight is 366 g/mol. The third-order valence-electron chi connectivity index (χ3n) is 5.26. The van der Waals surface area contributed by atoms with E-state index in [4.69, 9.17) is 0 Å². The van der Waals surface area contributed by atoms with Gasteiger partial charge >= 0.3 is 0 Å². The van der Waals surface area contributed by atoms with Crippen molar-refractivity contribution < 1.29 is 4.79 Å². The Kier molecular flexibility index (Phi) is 6.51. The molecule has 1 saturated heterocycles. The number of hydrogen-bond donors (Lipinski definition) is 1. The lowest BCUT2D eigenvalue weighted by molar-refractivity contribution is -0.116. The van der Waals surface area contributed by atoms with Crippen LogP contribution in [0.5, 0.6) is 0 Å². The van der Waals surface area contributed by atoms with E-state index in [2.05, 4.69) is 72.3 Å². The topological polar surface area (TPSA) is 35.6 Å². The van der Waals surface area contributed by atoms with Crippen LogP contribution in [-0.2, 0) is 4.79 Å². The van der Waals surface area contributed by atoms with Gasteiger partial charge < -0.3 is 10.2 Å². The van der Waals surface area contributed by atoms with Gasteiger partial charge in [0.1, 0.15) is 0 Å². The monoisotopic (exact) mass is 365 g/mol. The molecule has 27 heavy (non-hydrogen) atoms. The van der Waals surface area contributed by atoms with Gasteiger partial charge in [-0.3, -0.25) is 9.69 Å². The lowest BCUT2D eigenvalue weighted by Crippen LogP contribution is -2.47. The first-order chi connectivity index (χ1) is 13.0. The minimum absolute atomic E-state index is 0.0911. The third-order valence-corrected chi connectivity index (χ3v) is 5.26. The highest BCUT2D eigenvalue weighted by molar-refractivity contribution is 5.90. The number of carbonyl (C=O) groups is 1. The number of nitrogens with zero attached hydrogens (tertiary/aromatic N) is 2. The Balaban J connectivity index is 1.41. The van der Waals surface area contributed by atoms with Crippen molar-refractivity contribution in [1.82, 2.24) is 4.90 Å². The van der Waals surface area contributed by atoms with Crippen LogP contribution in [0.1, 0.15) is 37.3 Å². The summed E-state index contributed by atoms with van der Waals surface area (Å²) in [6.07, 6.45) is 0.538. The fourth-order valence-corrected chi connectivity index (χ4v) is 3.49. The van der Waals surface area contributed by atoms with E-state index in [1.165, 1.54) is 16.8 Å². The highest BCUT2D eigenvalue weighted by atomic mass is 16.1. The molecular weight excluding hydrogens is 334 g/mol. The highest BCUT2D eigenvalue weighted by Crippen LogP contribution is 2.19. The fraction of sp³-hybridized carbons (Fsp3) is 0.435. The molecule has 0 bridgehead atoms. The van der Waals surface area contributed by atoms with E-state index in [-0.39, 0.29) is 5.91 Å². The van der Waals surface area contributed by atoms with Crippen LogP contribution in [0.15, 0.2) is 48.5 Å². The molecule has 1 N–H and O–H groups in total. The van der Waals surface area contributed by atoms with E-state index in [1.54, 1.807) is 0 Å². The highest BCUT2D eigenvalue weighted by Gasteiger charge is 2.18. The van der Waals surface area contributed by atoms with E-state index in [1.807, 2.05) is 12.1 Å². The van der Waals surface area contributed by atoms with Gasteiger partial charge in [-0.05, 0) is 48.2 Å². The minimum Gasteiger partial charge on any atom is -0.369 e. The predicted molar refractivity (Wildman–Crippen MR) is 114 cm³/mol. The largest absolute Gasteiger partial charge is 0.369 e. The number of nitrogens with one attached hydrogen (secondary N) is 1. The normalized spacial score (nSPS) is 15.2. The molecule has 144 valence electrons. The number of benzene rings is 2. The zero-order valence-corrected chi connectivity index (χ0v) is 16.7. The first-order valence-corrected chi connectivity index (χ1v) is 9.95. The van der Waals surface area contributed by atoms with Crippen molar-refractivity contribution in [2.75, 3.05) is 42.9 Å². The summed E-state index contributed by atoms with van der Waals surface area (Å²) in [5, 5.41) is 3.01. The molecule has 1 aliphatic rings. The third kappa shape index (κ3) is 5.57. The second-order valence-corrected chi connectivity index (χ2v) is 7.74. The number of aryl methyl sites for hydroxylation is 1. The zero-order chi connectivity index (χ0) is 19.2. The summed E-state index contributed by atoms with van der Waals surface area (Å²) in [6, 6.07) is 16.8. The number of carbonyl (C=O) groups excluding carboxylic acids is 1. The molecule has 3 rings (SSSR count). The van der Waals surface area contributed by atoms with Crippen LogP contribution in [0.25, 0.3) is 0 Å². The van der Waals surface area contributed by atoms with E-state index in [9.17, 15) is 4.79 Å². The fourth-order valence-electron chi connectivity index (χ4n) is 3.49. The molecule has 0 aliphatic carbocycles. The number of piperazine rings is 1. The van der Waals surface area contributed by atoms with Gasteiger partial charge in [-0.2, -0.15) is 0 Å². The maximum atomic E-state index is 12.2. The Morgan fingerprint density at radius 1 is 1.04 bits per heavy atom. The van der Waals surface area contributed by atoms with Crippen LogP contribution in [-0.4, -0.2) is 43.5 Å². The van der Waals surface area contributed by atoms with Gasteiger partial charge in [0.2, 0.25) is 5.91 Å². The lowest BCUT2D eigenvalue weighted by Gasteiger charge is -2.36. The van der Waals surface area contributed by atoms with Crippen molar-refractivity contribution in [3.8, 4) is 0 Å². The second kappa shape index (κ2) is 9.05. The van der Waals surface area contributed by atoms with E-state index in [0.717, 1.165) is 38.4 Å². The van der Waals surface area contributed by atoms with Gasteiger partial charge in [-0.25, -0.2) is 0 Å². The smallest absolute Gasteiger partial charge is 0.225 e. The summed E-state index contributed by atoms with van der Waals surface area (Å²) in [7, 11) is 0. The van der Waals surface area contributed by atoms with Crippen molar-refractivity contribution in [2.24, 2.45) is 0 Å². The first-order valence-electron chi connectivity index (χ1n) is 9.95. The van der Waals surface area contributed by atoms with E-state index in [0.29, 0.717) is 12.3 Å². The molecule has 4 heteroatoms. The molecule has 0 saturated carbocycles.